The molecular weight excluding hydrogens is 258 g/mol. The van der Waals surface area contributed by atoms with Crippen molar-refractivity contribution < 1.29 is 9.53 Å². The summed E-state index contributed by atoms with van der Waals surface area (Å²) < 4.78 is 5.04. The molecule has 1 N–H and O–H groups in total. The number of hydrogen-bond donors (Lipinski definition) is 1. The van der Waals surface area contributed by atoms with Crippen molar-refractivity contribution in [3.63, 3.8) is 0 Å². The lowest BCUT2D eigenvalue weighted by Crippen LogP contribution is -2.30. The molecule has 1 amide bonds. The topological polar surface area (TPSA) is 38.3 Å². The predicted molar refractivity (Wildman–Crippen MR) is 74.2 cm³/mol. The van der Waals surface area contributed by atoms with E-state index in [2.05, 4.69) is 5.32 Å². The molecule has 0 aliphatic carbocycles. The Hall–Kier alpha value is -0.870. The van der Waals surface area contributed by atoms with Gasteiger partial charge in [-0.3, -0.25) is 4.79 Å². The zero-order valence-corrected chi connectivity index (χ0v) is 11.6. The van der Waals surface area contributed by atoms with Crippen LogP contribution in [-0.4, -0.2) is 29.9 Å². The number of rotatable bonds is 5. The molecule has 0 radical (unpaired) electrons. The standard InChI is InChI=1S/C12H16ClNO2S/c1-8(17-3)11(13)12(15)14-9-4-6-10(16-2)7-5-9/h4-8,11H,1-3H3,(H,14,15)/t8-,11-/m1/s1. The summed E-state index contributed by atoms with van der Waals surface area (Å²) in [6.45, 7) is 1.93. The van der Waals surface area contributed by atoms with Gasteiger partial charge in [0.1, 0.15) is 11.1 Å². The Bertz CT molecular complexity index is 369. The minimum Gasteiger partial charge on any atom is -0.497 e. The van der Waals surface area contributed by atoms with Gasteiger partial charge in [0.2, 0.25) is 5.91 Å². The minimum atomic E-state index is -0.535. The second kappa shape index (κ2) is 6.77. The van der Waals surface area contributed by atoms with E-state index in [9.17, 15) is 4.79 Å². The summed E-state index contributed by atoms with van der Waals surface area (Å²) in [5.74, 6) is 0.571. The lowest BCUT2D eigenvalue weighted by Gasteiger charge is -2.15. The third-order valence-corrected chi connectivity index (χ3v) is 4.13. The molecule has 3 nitrogen and oxygen atoms in total. The number of nitrogens with one attached hydrogen (secondary N) is 1. The molecule has 0 aliphatic heterocycles. The van der Waals surface area contributed by atoms with Crippen molar-refractivity contribution in [1.29, 1.82) is 0 Å². The fourth-order valence-electron chi connectivity index (χ4n) is 1.22. The molecule has 1 rings (SSSR count). The van der Waals surface area contributed by atoms with Gasteiger partial charge in [0.25, 0.3) is 0 Å². The number of alkyl halides is 1. The van der Waals surface area contributed by atoms with Gasteiger partial charge in [0, 0.05) is 10.9 Å². The highest BCUT2D eigenvalue weighted by atomic mass is 35.5. The summed E-state index contributed by atoms with van der Waals surface area (Å²) in [4.78, 5) is 11.8. The smallest absolute Gasteiger partial charge is 0.243 e. The lowest BCUT2D eigenvalue weighted by molar-refractivity contribution is -0.115. The molecule has 0 heterocycles. The monoisotopic (exact) mass is 273 g/mol. The van der Waals surface area contributed by atoms with Crippen molar-refractivity contribution in [3.8, 4) is 5.75 Å². The van der Waals surface area contributed by atoms with Gasteiger partial charge in [0.15, 0.2) is 0 Å². The molecule has 17 heavy (non-hydrogen) atoms. The van der Waals surface area contributed by atoms with Crippen molar-refractivity contribution in [1.82, 2.24) is 0 Å². The fraction of sp³-hybridized carbons (Fsp3) is 0.417. The summed E-state index contributed by atoms with van der Waals surface area (Å²) >= 11 is 7.60. The number of benzene rings is 1. The maximum Gasteiger partial charge on any atom is 0.243 e. The highest BCUT2D eigenvalue weighted by molar-refractivity contribution is 7.99. The van der Waals surface area contributed by atoms with Crippen LogP contribution in [-0.2, 0) is 4.79 Å². The highest BCUT2D eigenvalue weighted by Crippen LogP contribution is 2.19. The van der Waals surface area contributed by atoms with E-state index in [1.807, 2.05) is 13.2 Å². The van der Waals surface area contributed by atoms with E-state index < -0.39 is 5.38 Å². The maximum atomic E-state index is 11.8. The molecule has 0 saturated heterocycles. The van der Waals surface area contributed by atoms with Gasteiger partial charge >= 0.3 is 0 Å². The molecule has 1 aromatic carbocycles. The Labute approximate surface area is 111 Å². The number of amides is 1. The maximum absolute atomic E-state index is 11.8. The van der Waals surface area contributed by atoms with Gasteiger partial charge in [-0.25, -0.2) is 0 Å². The number of anilines is 1. The van der Waals surface area contributed by atoms with Crippen molar-refractivity contribution in [2.75, 3.05) is 18.7 Å². The third-order valence-electron chi connectivity index (χ3n) is 2.39. The van der Waals surface area contributed by atoms with Crippen molar-refractivity contribution >= 4 is 35.0 Å². The summed E-state index contributed by atoms with van der Waals surface area (Å²) in [5, 5.41) is 2.31. The molecule has 0 unspecified atom stereocenters. The fourth-order valence-corrected chi connectivity index (χ4v) is 1.94. The Morgan fingerprint density at radius 2 is 2.00 bits per heavy atom. The summed E-state index contributed by atoms with van der Waals surface area (Å²) in [6.07, 6.45) is 1.93. The second-order valence-corrected chi connectivity index (χ2v) is 5.25. The van der Waals surface area contributed by atoms with Crippen LogP contribution >= 0.6 is 23.4 Å². The van der Waals surface area contributed by atoms with Crippen molar-refractivity contribution in [2.24, 2.45) is 0 Å². The molecule has 5 heteroatoms. The van der Waals surface area contributed by atoms with E-state index in [0.29, 0.717) is 0 Å². The largest absolute Gasteiger partial charge is 0.497 e. The Balaban J connectivity index is 2.61. The van der Waals surface area contributed by atoms with Gasteiger partial charge in [-0.2, -0.15) is 11.8 Å². The van der Waals surface area contributed by atoms with Gasteiger partial charge in [-0.15, -0.1) is 11.6 Å². The van der Waals surface area contributed by atoms with E-state index in [1.54, 1.807) is 43.1 Å². The molecule has 2 atom stereocenters. The van der Waals surface area contributed by atoms with Gasteiger partial charge in [-0.1, -0.05) is 6.92 Å². The summed E-state index contributed by atoms with van der Waals surface area (Å²) in [7, 11) is 1.60. The number of hydrogen-bond acceptors (Lipinski definition) is 3. The lowest BCUT2D eigenvalue weighted by atomic mass is 10.2. The van der Waals surface area contributed by atoms with E-state index >= 15 is 0 Å². The van der Waals surface area contributed by atoms with Crippen LogP contribution in [0.2, 0.25) is 0 Å². The van der Waals surface area contributed by atoms with Crippen LogP contribution in [0.1, 0.15) is 6.92 Å². The Morgan fingerprint density at radius 3 is 2.47 bits per heavy atom. The zero-order valence-electron chi connectivity index (χ0n) is 10.1. The molecule has 0 spiro atoms. The number of halogens is 1. The van der Waals surface area contributed by atoms with E-state index in [1.165, 1.54) is 0 Å². The SMILES string of the molecule is COc1ccc(NC(=O)[C@H](Cl)[C@@H](C)SC)cc1. The van der Waals surface area contributed by atoms with E-state index in [0.717, 1.165) is 11.4 Å². The van der Waals surface area contributed by atoms with Crippen LogP contribution in [0, 0.1) is 0 Å². The molecule has 0 bridgehead atoms. The van der Waals surface area contributed by atoms with E-state index in [-0.39, 0.29) is 11.2 Å². The number of thioether (sulfide) groups is 1. The second-order valence-electron chi connectivity index (χ2n) is 3.56. The van der Waals surface area contributed by atoms with Crippen LogP contribution in [0.3, 0.4) is 0 Å². The number of carbonyl (C=O) groups excluding carboxylic acids is 1. The predicted octanol–water partition coefficient (Wildman–Crippen LogP) is 2.99. The van der Waals surface area contributed by atoms with Crippen molar-refractivity contribution in [2.45, 2.75) is 17.6 Å². The average molecular weight is 274 g/mol. The normalized spacial score (nSPS) is 13.9. The number of carbonyl (C=O) groups is 1. The molecule has 0 fully saturated rings. The molecule has 94 valence electrons. The summed E-state index contributed by atoms with van der Waals surface area (Å²) in [6, 6.07) is 7.14. The Morgan fingerprint density at radius 1 is 1.41 bits per heavy atom. The van der Waals surface area contributed by atoms with Gasteiger partial charge < -0.3 is 10.1 Å². The third kappa shape index (κ3) is 4.13. The first-order valence-electron chi connectivity index (χ1n) is 5.20. The van der Waals surface area contributed by atoms with Crippen LogP contribution < -0.4 is 10.1 Å². The molecule has 0 saturated carbocycles. The Kier molecular flexibility index (Phi) is 5.65. The van der Waals surface area contributed by atoms with Crippen LogP contribution in [0.15, 0.2) is 24.3 Å². The average Bonchev–Trinajstić information content (AvgIpc) is 2.37. The molecule has 0 aliphatic rings. The number of methoxy groups -OCH3 is 1. The molecule has 1 aromatic rings. The first kappa shape index (κ1) is 14.2. The molecular formula is C12H16ClNO2S. The van der Waals surface area contributed by atoms with Crippen LogP contribution in [0.4, 0.5) is 5.69 Å². The molecule has 0 aromatic heterocycles. The van der Waals surface area contributed by atoms with Crippen LogP contribution in [0.5, 0.6) is 5.75 Å². The van der Waals surface area contributed by atoms with Crippen molar-refractivity contribution in [3.05, 3.63) is 24.3 Å². The first-order valence-corrected chi connectivity index (χ1v) is 6.92. The number of ether oxygens (including phenoxy) is 1. The summed E-state index contributed by atoms with van der Waals surface area (Å²) in [5.41, 5.74) is 0.717. The zero-order chi connectivity index (χ0) is 12.8. The van der Waals surface area contributed by atoms with E-state index in [4.69, 9.17) is 16.3 Å². The van der Waals surface area contributed by atoms with Crippen LogP contribution in [0.25, 0.3) is 0 Å². The highest BCUT2D eigenvalue weighted by Gasteiger charge is 2.21. The van der Waals surface area contributed by atoms with Gasteiger partial charge in [0.05, 0.1) is 7.11 Å². The van der Waals surface area contributed by atoms with Gasteiger partial charge in [-0.05, 0) is 30.5 Å². The first-order chi connectivity index (χ1) is 8.08. The quantitative estimate of drug-likeness (QED) is 0.838. The minimum absolute atomic E-state index is 0.0786.